The number of carbonyl (C=O) groups is 2. The lowest BCUT2D eigenvalue weighted by atomic mass is 10.0. The summed E-state index contributed by atoms with van der Waals surface area (Å²) in [4.78, 5) is 23.3. The maximum absolute atomic E-state index is 11.8. The molecule has 2 atom stereocenters. The maximum Gasteiger partial charge on any atom is 0.339 e. The standard InChI is InChI=1S/C13H12O7/c1-2-17-13(16)10(14)11-6-3-8-9(19-5-18-8)4-7(6)12(15)20-11/h3-4,10-11,14H,2,5H2,1H3/t10-,11+/m0/s1. The molecule has 0 fully saturated rings. The highest BCUT2D eigenvalue weighted by atomic mass is 16.7. The molecule has 0 spiro atoms. The van der Waals surface area contributed by atoms with Gasteiger partial charge in [0.05, 0.1) is 12.2 Å². The van der Waals surface area contributed by atoms with E-state index in [0.717, 1.165) is 0 Å². The van der Waals surface area contributed by atoms with Gasteiger partial charge in [-0.15, -0.1) is 0 Å². The van der Waals surface area contributed by atoms with Crippen LogP contribution < -0.4 is 9.47 Å². The van der Waals surface area contributed by atoms with Crippen molar-refractivity contribution < 1.29 is 33.6 Å². The number of esters is 2. The average molecular weight is 280 g/mol. The molecule has 0 saturated heterocycles. The van der Waals surface area contributed by atoms with Gasteiger partial charge >= 0.3 is 11.9 Å². The number of hydrogen-bond acceptors (Lipinski definition) is 7. The lowest BCUT2D eigenvalue weighted by Crippen LogP contribution is -2.30. The first-order valence-corrected chi connectivity index (χ1v) is 6.11. The fraction of sp³-hybridized carbons (Fsp3) is 0.385. The normalized spacial score (nSPS) is 20.3. The number of hydrogen-bond donors (Lipinski definition) is 1. The second-order valence-electron chi connectivity index (χ2n) is 4.32. The minimum absolute atomic E-state index is 0.0678. The molecule has 7 heteroatoms. The molecular formula is C13H12O7. The fourth-order valence-corrected chi connectivity index (χ4v) is 2.20. The van der Waals surface area contributed by atoms with Crippen LogP contribution in [-0.4, -0.2) is 36.5 Å². The molecule has 20 heavy (non-hydrogen) atoms. The summed E-state index contributed by atoms with van der Waals surface area (Å²) < 4.78 is 20.1. The van der Waals surface area contributed by atoms with E-state index >= 15 is 0 Å². The van der Waals surface area contributed by atoms with Gasteiger partial charge in [-0.05, 0) is 19.1 Å². The van der Waals surface area contributed by atoms with Crippen LogP contribution in [0.3, 0.4) is 0 Å². The number of aliphatic hydroxyl groups is 1. The summed E-state index contributed by atoms with van der Waals surface area (Å²) >= 11 is 0. The number of rotatable bonds is 3. The molecule has 1 aromatic carbocycles. The van der Waals surface area contributed by atoms with Crippen LogP contribution in [0.2, 0.25) is 0 Å². The Kier molecular flexibility index (Phi) is 2.98. The molecule has 7 nitrogen and oxygen atoms in total. The minimum atomic E-state index is -1.57. The Morgan fingerprint density at radius 3 is 2.85 bits per heavy atom. The summed E-state index contributed by atoms with van der Waals surface area (Å²) in [5.41, 5.74) is 0.641. The van der Waals surface area contributed by atoms with E-state index in [2.05, 4.69) is 0 Å². The lowest BCUT2D eigenvalue weighted by Gasteiger charge is -2.16. The van der Waals surface area contributed by atoms with Crippen LogP contribution in [-0.2, 0) is 14.3 Å². The van der Waals surface area contributed by atoms with Crippen molar-refractivity contribution >= 4 is 11.9 Å². The Bertz CT molecular complexity index is 580. The van der Waals surface area contributed by atoms with Crippen molar-refractivity contribution in [3.8, 4) is 11.5 Å². The third-order valence-corrected chi connectivity index (χ3v) is 3.12. The smallest absolute Gasteiger partial charge is 0.339 e. The lowest BCUT2D eigenvalue weighted by molar-refractivity contribution is -0.159. The summed E-state index contributed by atoms with van der Waals surface area (Å²) in [6, 6.07) is 3.02. The summed E-state index contributed by atoms with van der Waals surface area (Å²) in [6.45, 7) is 1.82. The van der Waals surface area contributed by atoms with Gasteiger partial charge in [-0.2, -0.15) is 0 Å². The first-order chi connectivity index (χ1) is 9.61. The monoisotopic (exact) mass is 280 g/mol. The van der Waals surface area contributed by atoms with E-state index in [9.17, 15) is 14.7 Å². The molecule has 0 amide bonds. The largest absolute Gasteiger partial charge is 0.464 e. The molecule has 1 aromatic rings. The van der Waals surface area contributed by atoms with Gasteiger partial charge in [0.2, 0.25) is 6.79 Å². The summed E-state index contributed by atoms with van der Waals surface area (Å²) in [5, 5.41) is 9.94. The highest BCUT2D eigenvalue weighted by molar-refractivity contribution is 5.96. The number of aliphatic hydroxyl groups excluding tert-OH is 1. The Balaban J connectivity index is 1.95. The Morgan fingerprint density at radius 2 is 2.15 bits per heavy atom. The quantitative estimate of drug-likeness (QED) is 0.808. The molecule has 0 saturated carbocycles. The number of carbonyl (C=O) groups excluding carboxylic acids is 2. The Labute approximate surface area is 114 Å². The predicted molar refractivity (Wildman–Crippen MR) is 63.4 cm³/mol. The van der Waals surface area contributed by atoms with Crippen LogP contribution in [0.15, 0.2) is 12.1 Å². The van der Waals surface area contributed by atoms with Gasteiger partial charge in [0, 0.05) is 5.56 Å². The molecular weight excluding hydrogens is 268 g/mol. The van der Waals surface area contributed by atoms with Crippen LogP contribution in [0.25, 0.3) is 0 Å². The van der Waals surface area contributed by atoms with Crippen molar-refractivity contribution in [2.75, 3.05) is 13.4 Å². The SMILES string of the molecule is CCOC(=O)[C@@H](O)[C@@H]1OC(=O)c2cc3c(cc21)OCO3. The van der Waals surface area contributed by atoms with Crippen molar-refractivity contribution in [3.05, 3.63) is 23.3 Å². The average Bonchev–Trinajstić information content (AvgIpc) is 3.01. The molecule has 0 unspecified atom stereocenters. The first kappa shape index (κ1) is 12.7. The van der Waals surface area contributed by atoms with E-state index in [-0.39, 0.29) is 19.0 Å². The van der Waals surface area contributed by atoms with Gasteiger partial charge in [-0.3, -0.25) is 0 Å². The Hall–Kier alpha value is -2.28. The number of fused-ring (bicyclic) bond motifs is 2. The van der Waals surface area contributed by atoms with E-state index < -0.39 is 24.1 Å². The molecule has 106 valence electrons. The highest BCUT2D eigenvalue weighted by Gasteiger charge is 2.41. The summed E-state index contributed by atoms with van der Waals surface area (Å²) in [7, 11) is 0. The number of cyclic esters (lactones) is 1. The van der Waals surface area contributed by atoms with Crippen LogP contribution >= 0.6 is 0 Å². The third-order valence-electron chi connectivity index (χ3n) is 3.12. The van der Waals surface area contributed by atoms with Gasteiger partial charge in [-0.1, -0.05) is 0 Å². The van der Waals surface area contributed by atoms with Crippen LogP contribution in [0.1, 0.15) is 28.9 Å². The maximum atomic E-state index is 11.8. The van der Waals surface area contributed by atoms with E-state index in [1.54, 1.807) is 6.92 Å². The second kappa shape index (κ2) is 4.68. The van der Waals surface area contributed by atoms with E-state index in [0.29, 0.717) is 17.1 Å². The van der Waals surface area contributed by atoms with E-state index in [4.69, 9.17) is 18.9 Å². The predicted octanol–water partition coefficient (Wildman–Crippen LogP) is 0.551. The van der Waals surface area contributed by atoms with Crippen molar-refractivity contribution in [2.24, 2.45) is 0 Å². The molecule has 2 aliphatic rings. The van der Waals surface area contributed by atoms with Crippen LogP contribution in [0.5, 0.6) is 11.5 Å². The van der Waals surface area contributed by atoms with Gasteiger partial charge in [0.15, 0.2) is 23.7 Å². The van der Waals surface area contributed by atoms with Crippen LogP contribution in [0.4, 0.5) is 0 Å². The summed E-state index contributed by atoms with van der Waals surface area (Å²) in [6.07, 6.45) is -2.66. The summed E-state index contributed by atoms with van der Waals surface area (Å²) in [5.74, 6) is -0.572. The topological polar surface area (TPSA) is 91.3 Å². The molecule has 1 N–H and O–H groups in total. The van der Waals surface area contributed by atoms with E-state index in [1.165, 1.54) is 12.1 Å². The first-order valence-electron chi connectivity index (χ1n) is 6.11. The van der Waals surface area contributed by atoms with Gasteiger partial charge < -0.3 is 24.1 Å². The third kappa shape index (κ3) is 1.87. The molecule has 3 rings (SSSR count). The zero-order valence-electron chi connectivity index (χ0n) is 10.6. The fourth-order valence-electron chi connectivity index (χ4n) is 2.20. The van der Waals surface area contributed by atoms with E-state index in [1.807, 2.05) is 0 Å². The zero-order chi connectivity index (χ0) is 14.3. The highest BCUT2D eigenvalue weighted by Crippen LogP contribution is 2.42. The van der Waals surface area contributed by atoms with Crippen LogP contribution in [0, 0.1) is 0 Å². The van der Waals surface area contributed by atoms with Crippen molar-refractivity contribution in [3.63, 3.8) is 0 Å². The molecule has 0 radical (unpaired) electrons. The van der Waals surface area contributed by atoms with Crippen molar-refractivity contribution in [1.29, 1.82) is 0 Å². The molecule has 2 heterocycles. The molecule has 0 aliphatic carbocycles. The molecule has 0 bridgehead atoms. The number of ether oxygens (including phenoxy) is 4. The molecule has 2 aliphatic heterocycles. The zero-order valence-corrected chi connectivity index (χ0v) is 10.6. The van der Waals surface area contributed by atoms with Gasteiger partial charge in [-0.25, -0.2) is 9.59 Å². The van der Waals surface area contributed by atoms with Crippen molar-refractivity contribution in [2.45, 2.75) is 19.1 Å². The molecule has 0 aromatic heterocycles. The van der Waals surface area contributed by atoms with Gasteiger partial charge in [0.25, 0.3) is 0 Å². The van der Waals surface area contributed by atoms with Gasteiger partial charge in [0.1, 0.15) is 0 Å². The number of benzene rings is 1. The Morgan fingerprint density at radius 1 is 1.45 bits per heavy atom. The minimum Gasteiger partial charge on any atom is -0.464 e. The second-order valence-corrected chi connectivity index (χ2v) is 4.32. The van der Waals surface area contributed by atoms with Crippen molar-refractivity contribution in [1.82, 2.24) is 0 Å².